The Balaban J connectivity index is 2.32. The Morgan fingerprint density at radius 3 is 2.54 bits per heavy atom. The average molecular weight is 357 g/mol. The van der Waals surface area contributed by atoms with Crippen molar-refractivity contribution >= 4 is 5.91 Å². The van der Waals surface area contributed by atoms with Gasteiger partial charge in [0, 0.05) is 19.0 Å². The van der Waals surface area contributed by atoms with Crippen molar-refractivity contribution < 1.29 is 14.3 Å². The average Bonchev–Trinajstić information content (AvgIpc) is 2.61. The van der Waals surface area contributed by atoms with Gasteiger partial charge in [-0.25, -0.2) is 4.79 Å². The number of rotatable bonds is 8. The van der Waals surface area contributed by atoms with Crippen molar-refractivity contribution in [3.63, 3.8) is 0 Å². The molecule has 1 N–H and O–H groups in total. The standard InChI is InChI=1S/C21H27NO4/c1-4-8-15(2)18-13-16(3)19(21(25)26-18)20(24)22(11-12-23)14-17-9-6-5-7-10-17/h5-7,9-10,13,15,23H,4,8,11-12,14H2,1-3H3. The van der Waals surface area contributed by atoms with E-state index in [9.17, 15) is 14.7 Å². The summed E-state index contributed by atoms with van der Waals surface area (Å²) in [4.78, 5) is 26.9. The Kier molecular flexibility index (Phi) is 7.16. The minimum Gasteiger partial charge on any atom is -0.427 e. The van der Waals surface area contributed by atoms with E-state index in [0.717, 1.165) is 18.4 Å². The number of carbonyl (C=O) groups excluding carboxylic acids is 1. The number of amides is 1. The highest BCUT2D eigenvalue weighted by atomic mass is 16.4. The molecule has 0 fully saturated rings. The van der Waals surface area contributed by atoms with Gasteiger partial charge in [-0.15, -0.1) is 0 Å². The Hall–Kier alpha value is -2.40. The molecule has 5 nitrogen and oxygen atoms in total. The van der Waals surface area contributed by atoms with Crippen LogP contribution in [-0.2, 0) is 6.54 Å². The molecule has 0 aliphatic rings. The SMILES string of the molecule is CCCC(C)c1cc(C)c(C(=O)N(CCO)Cc2ccccc2)c(=O)o1. The Labute approximate surface area is 154 Å². The van der Waals surface area contributed by atoms with Crippen LogP contribution in [0.1, 0.15) is 59.9 Å². The Bertz CT molecular complexity index is 782. The van der Waals surface area contributed by atoms with Crippen LogP contribution in [0.4, 0.5) is 0 Å². The lowest BCUT2D eigenvalue weighted by molar-refractivity contribution is 0.0701. The fourth-order valence-electron chi connectivity index (χ4n) is 3.04. The fourth-order valence-corrected chi connectivity index (χ4v) is 3.04. The highest BCUT2D eigenvalue weighted by molar-refractivity contribution is 5.95. The van der Waals surface area contributed by atoms with Crippen LogP contribution in [-0.4, -0.2) is 29.1 Å². The molecular formula is C21H27NO4. The molecule has 0 radical (unpaired) electrons. The fraction of sp³-hybridized carbons (Fsp3) is 0.429. The third kappa shape index (κ3) is 4.82. The van der Waals surface area contributed by atoms with Gasteiger partial charge in [0.15, 0.2) is 0 Å². The normalized spacial score (nSPS) is 12.0. The van der Waals surface area contributed by atoms with E-state index >= 15 is 0 Å². The number of aryl methyl sites for hydroxylation is 1. The van der Waals surface area contributed by atoms with Crippen molar-refractivity contribution in [2.75, 3.05) is 13.2 Å². The van der Waals surface area contributed by atoms with E-state index in [1.807, 2.05) is 37.3 Å². The predicted molar refractivity (Wildman–Crippen MR) is 101 cm³/mol. The topological polar surface area (TPSA) is 70.8 Å². The lowest BCUT2D eigenvalue weighted by Crippen LogP contribution is -2.36. The summed E-state index contributed by atoms with van der Waals surface area (Å²) in [5, 5.41) is 9.33. The van der Waals surface area contributed by atoms with E-state index < -0.39 is 11.5 Å². The number of carbonyl (C=O) groups is 1. The van der Waals surface area contributed by atoms with Crippen molar-refractivity contribution in [3.8, 4) is 0 Å². The van der Waals surface area contributed by atoms with Gasteiger partial charge in [-0.2, -0.15) is 0 Å². The summed E-state index contributed by atoms with van der Waals surface area (Å²) >= 11 is 0. The van der Waals surface area contributed by atoms with Gasteiger partial charge in [0.25, 0.3) is 5.91 Å². The van der Waals surface area contributed by atoms with Crippen molar-refractivity contribution in [2.45, 2.75) is 46.1 Å². The molecule has 1 aromatic heterocycles. The summed E-state index contributed by atoms with van der Waals surface area (Å²) in [6, 6.07) is 11.3. The molecule has 26 heavy (non-hydrogen) atoms. The number of benzene rings is 1. The molecule has 140 valence electrons. The predicted octanol–water partition coefficient (Wildman–Crippen LogP) is 3.49. The van der Waals surface area contributed by atoms with Gasteiger partial charge in [0.05, 0.1) is 6.61 Å². The van der Waals surface area contributed by atoms with E-state index in [2.05, 4.69) is 6.92 Å². The van der Waals surface area contributed by atoms with E-state index in [1.165, 1.54) is 4.90 Å². The second-order valence-electron chi connectivity index (χ2n) is 6.62. The highest BCUT2D eigenvalue weighted by Crippen LogP contribution is 2.22. The molecule has 5 heteroatoms. The number of aliphatic hydroxyl groups is 1. The van der Waals surface area contributed by atoms with Crippen LogP contribution < -0.4 is 5.63 Å². The van der Waals surface area contributed by atoms with E-state index in [1.54, 1.807) is 13.0 Å². The molecule has 1 heterocycles. The first-order chi connectivity index (χ1) is 12.5. The summed E-state index contributed by atoms with van der Waals surface area (Å²) < 4.78 is 5.44. The summed E-state index contributed by atoms with van der Waals surface area (Å²) in [6.45, 7) is 6.15. The molecule has 0 saturated heterocycles. The summed E-state index contributed by atoms with van der Waals surface area (Å²) in [5.74, 6) is 0.333. The largest absolute Gasteiger partial charge is 0.427 e. The quantitative estimate of drug-likeness (QED) is 0.785. The number of hydrogen-bond donors (Lipinski definition) is 1. The van der Waals surface area contributed by atoms with Gasteiger partial charge in [0.2, 0.25) is 0 Å². The van der Waals surface area contributed by atoms with Crippen LogP contribution in [0.5, 0.6) is 0 Å². The zero-order chi connectivity index (χ0) is 19.1. The van der Waals surface area contributed by atoms with E-state index in [0.29, 0.717) is 17.9 Å². The van der Waals surface area contributed by atoms with Crippen LogP contribution in [0.25, 0.3) is 0 Å². The minimum absolute atomic E-state index is 0.0434. The first-order valence-corrected chi connectivity index (χ1v) is 9.06. The van der Waals surface area contributed by atoms with Crippen molar-refractivity contribution in [1.29, 1.82) is 0 Å². The smallest absolute Gasteiger partial charge is 0.349 e. The van der Waals surface area contributed by atoms with Crippen LogP contribution in [0, 0.1) is 6.92 Å². The zero-order valence-electron chi connectivity index (χ0n) is 15.7. The Morgan fingerprint density at radius 2 is 1.96 bits per heavy atom. The highest BCUT2D eigenvalue weighted by Gasteiger charge is 2.23. The molecular weight excluding hydrogens is 330 g/mol. The molecule has 0 spiro atoms. The van der Waals surface area contributed by atoms with Crippen LogP contribution in [0.15, 0.2) is 45.6 Å². The number of aliphatic hydroxyl groups excluding tert-OH is 1. The van der Waals surface area contributed by atoms with E-state index in [-0.39, 0.29) is 24.6 Å². The summed E-state index contributed by atoms with van der Waals surface area (Å²) in [7, 11) is 0. The first-order valence-electron chi connectivity index (χ1n) is 9.06. The third-order valence-corrected chi connectivity index (χ3v) is 4.46. The third-order valence-electron chi connectivity index (χ3n) is 4.46. The molecule has 2 rings (SSSR count). The zero-order valence-corrected chi connectivity index (χ0v) is 15.7. The molecule has 0 saturated carbocycles. The van der Waals surface area contributed by atoms with Gasteiger partial charge >= 0.3 is 5.63 Å². The summed E-state index contributed by atoms with van der Waals surface area (Å²) in [5.41, 5.74) is 0.982. The maximum Gasteiger partial charge on any atom is 0.349 e. The second kappa shape index (κ2) is 9.34. The number of hydrogen-bond acceptors (Lipinski definition) is 4. The molecule has 0 bridgehead atoms. The lowest BCUT2D eigenvalue weighted by Gasteiger charge is -2.22. The minimum atomic E-state index is -0.607. The van der Waals surface area contributed by atoms with Gasteiger partial charge in [-0.3, -0.25) is 4.79 Å². The first kappa shape index (κ1) is 19.9. The van der Waals surface area contributed by atoms with Gasteiger partial charge in [-0.1, -0.05) is 50.6 Å². The maximum absolute atomic E-state index is 12.9. The van der Waals surface area contributed by atoms with Gasteiger partial charge < -0.3 is 14.4 Å². The molecule has 1 amide bonds. The molecule has 1 unspecified atom stereocenters. The van der Waals surface area contributed by atoms with Crippen molar-refractivity contribution in [1.82, 2.24) is 4.90 Å². The molecule has 0 aliphatic heterocycles. The van der Waals surface area contributed by atoms with Crippen molar-refractivity contribution in [3.05, 3.63) is 69.3 Å². The lowest BCUT2D eigenvalue weighted by atomic mass is 10.00. The van der Waals surface area contributed by atoms with Crippen molar-refractivity contribution in [2.24, 2.45) is 0 Å². The van der Waals surface area contributed by atoms with Gasteiger partial charge in [-0.05, 0) is 30.5 Å². The Morgan fingerprint density at radius 1 is 1.27 bits per heavy atom. The van der Waals surface area contributed by atoms with Crippen LogP contribution >= 0.6 is 0 Å². The van der Waals surface area contributed by atoms with Crippen LogP contribution in [0.3, 0.4) is 0 Å². The number of nitrogens with zero attached hydrogens (tertiary/aromatic N) is 1. The molecule has 1 aromatic carbocycles. The molecule has 1 atom stereocenters. The van der Waals surface area contributed by atoms with E-state index in [4.69, 9.17) is 4.42 Å². The summed E-state index contributed by atoms with van der Waals surface area (Å²) in [6.07, 6.45) is 1.91. The maximum atomic E-state index is 12.9. The molecule has 0 aliphatic carbocycles. The second-order valence-corrected chi connectivity index (χ2v) is 6.62. The monoisotopic (exact) mass is 357 g/mol. The van der Waals surface area contributed by atoms with Crippen LogP contribution in [0.2, 0.25) is 0 Å². The molecule has 2 aromatic rings. The van der Waals surface area contributed by atoms with Gasteiger partial charge in [0.1, 0.15) is 11.3 Å².